The molecule has 0 amide bonds. The second-order valence-electron chi connectivity index (χ2n) is 12.7. The first-order chi connectivity index (χ1) is 23.8. The molecule has 8 aromatic carbocycles. The Bertz CT molecular complexity index is 2600. The van der Waals surface area contributed by atoms with Crippen molar-refractivity contribution in [3.63, 3.8) is 0 Å². The summed E-state index contributed by atoms with van der Waals surface area (Å²) in [7, 11) is 0. The molecule has 0 saturated carbocycles. The number of fused-ring (bicyclic) bond motifs is 14. The van der Waals surface area contributed by atoms with E-state index in [2.05, 4.69) is 155 Å². The molecule has 0 bridgehead atoms. The third-order valence-electron chi connectivity index (χ3n) is 10.4. The van der Waals surface area contributed by atoms with Gasteiger partial charge in [0.1, 0.15) is 0 Å². The van der Waals surface area contributed by atoms with E-state index in [0.29, 0.717) is 5.69 Å². The Labute approximate surface area is 279 Å². The molecule has 2 aliphatic rings. The number of hydrogen-bond acceptors (Lipinski definition) is 1. The summed E-state index contributed by atoms with van der Waals surface area (Å²) in [6, 6.07) is 61.4. The van der Waals surface area contributed by atoms with Gasteiger partial charge in [-0.1, -0.05) is 133 Å². The minimum atomic E-state index is -0.439. The van der Waals surface area contributed by atoms with Crippen LogP contribution in [0.5, 0.6) is 0 Å². The fourth-order valence-electron chi connectivity index (χ4n) is 8.60. The number of benzene rings is 8. The van der Waals surface area contributed by atoms with E-state index in [-0.39, 0.29) is 0 Å². The summed E-state index contributed by atoms with van der Waals surface area (Å²) in [6.07, 6.45) is 0. The topological polar surface area (TPSA) is 7.60 Å². The summed E-state index contributed by atoms with van der Waals surface area (Å²) in [5, 5.41) is 4.99. The third-order valence-corrected chi connectivity index (χ3v) is 10.4. The van der Waals surface area contributed by atoms with E-state index in [0.717, 1.165) is 17.1 Å². The van der Waals surface area contributed by atoms with Gasteiger partial charge in [0, 0.05) is 17.1 Å². The van der Waals surface area contributed by atoms with Gasteiger partial charge in [-0.3, -0.25) is 0 Å². The molecule has 10 rings (SSSR count). The van der Waals surface area contributed by atoms with Crippen molar-refractivity contribution in [3.8, 4) is 22.3 Å². The highest BCUT2D eigenvalue weighted by Gasteiger charge is 2.52. The quantitative estimate of drug-likeness (QED) is 0.181. The Morgan fingerprint density at radius 1 is 0.438 bits per heavy atom. The van der Waals surface area contributed by atoms with Crippen LogP contribution >= 0.6 is 0 Å². The van der Waals surface area contributed by atoms with E-state index < -0.39 is 5.41 Å². The molecule has 0 unspecified atom stereocenters. The number of rotatable bonds is 3. The molecular weight excluding hydrogens is 581 g/mol. The average Bonchev–Trinajstić information content (AvgIpc) is 3.63. The fraction of sp³-hybridized carbons (Fsp3) is 0.0217. The predicted octanol–water partition coefficient (Wildman–Crippen LogP) is 12.4. The molecule has 222 valence electrons. The van der Waals surface area contributed by atoms with Gasteiger partial charge in [0.15, 0.2) is 5.69 Å². The van der Waals surface area contributed by atoms with Gasteiger partial charge in [0.25, 0.3) is 0 Å². The second-order valence-corrected chi connectivity index (χ2v) is 12.7. The molecule has 0 radical (unpaired) electrons. The number of para-hydroxylation sites is 1. The van der Waals surface area contributed by atoms with E-state index in [4.69, 9.17) is 6.57 Å². The molecule has 2 heteroatoms. The van der Waals surface area contributed by atoms with Crippen molar-refractivity contribution in [1.82, 2.24) is 0 Å². The van der Waals surface area contributed by atoms with Crippen molar-refractivity contribution < 1.29 is 0 Å². The Morgan fingerprint density at radius 3 is 1.90 bits per heavy atom. The summed E-state index contributed by atoms with van der Waals surface area (Å²) in [4.78, 5) is 5.98. The van der Waals surface area contributed by atoms with Crippen LogP contribution in [0.25, 0.3) is 48.6 Å². The smallest absolute Gasteiger partial charge is 0.189 e. The van der Waals surface area contributed by atoms with Crippen molar-refractivity contribution in [1.29, 1.82) is 0 Å². The van der Waals surface area contributed by atoms with Gasteiger partial charge in [-0.25, -0.2) is 4.85 Å². The average molecular weight is 609 g/mol. The van der Waals surface area contributed by atoms with Crippen molar-refractivity contribution in [2.24, 2.45) is 0 Å². The largest absolute Gasteiger partial charge is 0.312 e. The third kappa shape index (κ3) is 3.51. The van der Waals surface area contributed by atoms with Crippen LogP contribution < -0.4 is 4.90 Å². The van der Waals surface area contributed by atoms with E-state index in [1.807, 2.05) is 24.3 Å². The maximum Gasteiger partial charge on any atom is 0.189 e. The van der Waals surface area contributed by atoms with Crippen LogP contribution in [-0.4, -0.2) is 0 Å². The van der Waals surface area contributed by atoms with Crippen LogP contribution in [0, 0.1) is 6.57 Å². The van der Waals surface area contributed by atoms with Gasteiger partial charge in [0.05, 0.1) is 12.0 Å². The maximum atomic E-state index is 7.66. The number of nitrogens with zero attached hydrogens (tertiary/aromatic N) is 2. The SMILES string of the molecule is [C-]#[N+]c1cccc(N(c2ccccc2)c2ccc3c4c(ccc3c2)-c2c(ccc3ccccc23)C42c3ccccc3-c3ccccc32)c1. The molecule has 0 saturated heterocycles. The highest BCUT2D eigenvalue weighted by molar-refractivity contribution is 6.11. The van der Waals surface area contributed by atoms with E-state index in [9.17, 15) is 0 Å². The van der Waals surface area contributed by atoms with Crippen LogP contribution in [0.1, 0.15) is 22.3 Å². The lowest BCUT2D eigenvalue weighted by Gasteiger charge is -2.32. The van der Waals surface area contributed by atoms with Crippen LogP contribution in [0.15, 0.2) is 170 Å². The lowest BCUT2D eigenvalue weighted by Crippen LogP contribution is -2.26. The summed E-state index contributed by atoms with van der Waals surface area (Å²) in [6.45, 7) is 7.66. The summed E-state index contributed by atoms with van der Waals surface area (Å²) < 4.78 is 0. The molecule has 0 heterocycles. The van der Waals surface area contributed by atoms with Crippen molar-refractivity contribution >= 4 is 44.3 Å². The van der Waals surface area contributed by atoms with Gasteiger partial charge in [-0.15, -0.1) is 0 Å². The molecule has 0 aromatic heterocycles. The number of hydrogen-bond donors (Lipinski definition) is 0. The van der Waals surface area contributed by atoms with Crippen LogP contribution in [-0.2, 0) is 5.41 Å². The first-order valence-electron chi connectivity index (χ1n) is 16.4. The van der Waals surface area contributed by atoms with E-state index in [1.165, 1.54) is 66.1 Å². The van der Waals surface area contributed by atoms with Gasteiger partial charge < -0.3 is 4.90 Å². The molecule has 8 aromatic rings. The number of anilines is 3. The van der Waals surface area contributed by atoms with Crippen molar-refractivity contribution in [2.75, 3.05) is 4.90 Å². The van der Waals surface area contributed by atoms with Crippen LogP contribution in [0.3, 0.4) is 0 Å². The normalized spacial score (nSPS) is 13.1. The molecular formula is C46H28N2. The molecule has 0 aliphatic heterocycles. The van der Waals surface area contributed by atoms with Gasteiger partial charge >= 0.3 is 0 Å². The standard InChI is InChI=1S/C46H28N2/c1-47-32-13-11-16-34(29-32)48(33-14-3-2-4-15-33)35-24-26-37-31(28-35)22-25-40-44-36-17-6-5-12-30(36)23-27-43(44)46(45(37)40)41-20-9-7-18-38(41)39-19-8-10-21-42(39)46/h2-29H. The lowest BCUT2D eigenvalue weighted by atomic mass is 9.69. The Kier molecular flexibility index (Phi) is 5.59. The minimum absolute atomic E-state index is 0.439. The fourth-order valence-corrected chi connectivity index (χ4v) is 8.60. The van der Waals surface area contributed by atoms with Gasteiger partial charge in [-0.2, -0.15) is 0 Å². The van der Waals surface area contributed by atoms with Crippen molar-refractivity contribution in [3.05, 3.63) is 204 Å². The summed E-state index contributed by atoms with van der Waals surface area (Å²) in [5.74, 6) is 0. The predicted molar refractivity (Wildman–Crippen MR) is 199 cm³/mol. The molecule has 0 N–H and O–H groups in total. The first kappa shape index (κ1) is 26.8. The van der Waals surface area contributed by atoms with Crippen LogP contribution in [0.4, 0.5) is 22.7 Å². The second kappa shape index (κ2) is 10.0. The molecule has 0 atom stereocenters. The van der Waals surface area contributed by atoms with Gasteiger partial charge in [-0.05, 0) is 102 Å². The molecule has 1 spiro atoms. The highest BCUT2D eigenvalue weighted by Crippen LogP contribution is 2.65. The molecule has 2 nitrogen and oxygen atoms in total. The van der Waals surface area contributed by atoms with Gasteiger partial charge in [0.2, 0.25) is 0 Å². The molecule has 0 fully saturated rings. The zero-order valence-electron chi connectivity index (χ0n) is 26.1. The lowest BCUT2D eigenvalue weighted by molar-refractivity contribution is 0.802. The zero-order valence-corrected chi connectivity index (χ0v) is 26.1. The zero-order chi connectivity index (χ0) is 31.8. The monoisotopic (exact) mass is 608 g/mol. The maximum absolute atomic E-state index is 7.66. The first-order valence-corrected chi connectivity index (χ1v) is 16.4. The van der Waals surface area contributed by atoms with E-state index >= 15 is 0 Å². The molecule has 2 aliphatic carbocycles. The summed E-state index contributed by atoms with van der Waals surface area (Å²) >= 11 is 0. The Hall–Kier alpha value is -6.43. The Balaban J connectivity index is 1.30. The molecule has 48 heavy (non-hydrogen) atoms. The van der Waals surface area contributed by atoms with Crippen LogP contribution in [0.2, 0.25) is 0 Å². The Morgan fingerprint density at radius 2 is 1.10 bits per heavy atom. The van der Waals surface area contributed by atoms with Crippen molar-refractivity contribution in [2.45, 2.75) is 5.41 Å². The van der Waals surface area contributed by atoms with E-state index in [1.54, 1.807) is 0 Å². The summed E-state index contributed by atoms with van der Waals surface area (Å²) in [5.41, 5.74) is 13.9. The highest BCUT2D eigenvalue weighted by atomic mass is 15.1. The minimum Gasteiger partial charge on any atom is -0.312 e.